The van der Waals surface area contributed by atoms with E-state index >= 15 is 0 Å². The minimum atomic E-state index is 0.514. The Balaban J connectivity index is 1.82. The van der Waals surface area contributed by atoms with E-state index in [2.05, 4.69) is 38.8 Å². The summed E-state index contributed by atoms with van der Waals surface area (Å²) in [4.78, 5) is 13.7. The summed E-state index contributed by atoms with van der Waals surface area (Å²) < 4.78 is 1.74. The Labute approximate surface area is 118 Å². The number of nitrogens with two attached hydrogens (primary N) is 1. The van der Waals surface area contributed by atoms with Gasteiger partial charge in [0.1, 0.15) is 11.6 Å². The van der Waals surface area contributed by atoms with Gasteiger partial charge in [-0.1, -0.05) is 0 Å². The Kier molecular flexibility index (Phi) is 3.31. The van der Waals surface area contributed by atoms with Gasteiger partial charge in [0.2, 0.25) is 0 Å². The highest BCUT2D eigenvalue weighted by atomic mass is 15.3. The molecule has 0 saturated carbocycles. The second-order valence-corrected chi connectivity index (χ2v) is 5.60. The number of aromatic nitrogens is 4. The third-order valence-corrected chi connectivity index (χ3v) is 4.08. The van der Waals surface area contributed by atoms with Gasteiger partial charge in [-0.2, -0.15) is 5.10 Å². The van der Waals surface area contributed by atoms with E-state index in [4.69, 9.17) is 5.73 Å². The van der Waals surface area contributed by atoms with Crippen LogP contribution in [0.4, 0.5) is 5.82 Å². The van der Waals surface area contributed by atoms with E-state index in [1.807, 2.05) is 7.05 Å². The number of hydrogen-bond acceptors (Lipinski definition) is 6. The highest BCUT2D eigenvalue weighted by Crippen LogP contribution is 2.17. The van der Waals surface area contributed by atoms with Crippen molar-refractivity contribution in [1.82, 2.24) is 29.5 Å². The molecule has 7 heteroatoms. The largest absolute Gasteiger partial charge is 0.383 e. The fraction of sp³-hybridized carbons (Fsp3) is 0.615. The molecule has 0 bridgehead atoms. The smallest absolute Gasteiger partial charge is 0.163 e. The second-order valence-electron chi connectivity index (χ2n) is 5.60. The van der Waals surface area contributed by atoms with E-state index in [0.717, 1.165) is 43.0 Å². The first-order chi connectivity index (χ1) is 9.54. The average Bonchev–Trinajstić information content (AvgIpc) is 2.77. The average molecular weight is 275 g/mol. The number of rotatable bonds is 2. The third-order valence-electron chi connectivity index (χ3n) is 4.08. The second kappa shape index (κ2) is 4.99. The molecule has 2 N–H and O–H groups in total. The summed E-state index contributed by atoms with van der Waals surface area (Å²) in [6.07, 6.45) is 1.71. The predicted molar refractivity (Wildman–Crippen MR) is 78.1 cm³/mol. The van der Waals surface area contributed by atoms with Crippen molar-refractivity contribution in [2.24, 2.45) is 7.05 Å². The number of nitrogens with zero attached hydrogens (tertiary/aromatic N) is 6. The van der Waals surface area contributed by atoms with Crippen molar-refractivity contribution in [3.63, 3.8) is 0 Å². The van der Waals surface area contributed by atoms with Gasteiger partial charge in [-0.05, 0) is 14.0 Å². The van der Waals surface area contributed by atoms with Crippen molar-refractivity contribution < 1.29 is 0 Å². The lowest BCUT2D eigenvalue weighted by Crippen LogP contribution is -2.49. The van der Waals surface area contributed by atoms with E-state index in [9.17, 15) is 0 Å². The lowest BCUT2D eigenvalue weighted by atomic mass is 10.2. The molecular formula is C13H21N7. The molecule has 0 radical (unpaired) electrons. The van der Waals surface area contributed by atoms with Crippen molar-refractivity contribution in [3.8, 4) is 0 Å². The normalized spacial score (nSPS) is 21.6. The van der Waals surface area contributed by atoms with Crippen LogP contribution in [0.25, 0.3) is 11.0 Å². The highest BCUT2D eigenvalue weighted by Gasteiger charge is 2.21. The highest BCUT2D eigenvalue weighted by molar-refractivity contribution is 5.84. The molecule has 1 unspecified atom stereocenters. The lowest BCUT2D eigenvalue weighted by molar-refractivity contribution is 0.0981. The molecule has 3 heterocycles. The summed E-state index contributed by atoms with van der Waals surface area (Å²) in [5.41, 5.74) is 6.79. The maximum atomic E-state index is 5.99. The zero-order valence-electron chi connectivity index (χ0n) is 12.2. The quantitative estimate of drug-likeness (QED) is 0.836. The van der Waals surface area contributed by atoms with Crippen molar-refractivity contribution in [2.45, 2.75) is 19.5 Å². The number of fused-ring (bicyclic) bond motifs is 1. The van der Waals surface area contributed by atoms with E-state index in [0.29, 0.717) is 11.9 Å². The maximum Gasteiger partial charge on any atom is 0.163 e. The topological polar surface area (TPSA) is 76.1 Å². The molecule has 7 nitrogen and oxygen atoms in total. The minimum Gasteiger partial charge on any atom is -0.383 e. The fourth-order valence-electron chi connectivity index (χ4n) is 2.63. The van der Waals surface area contributed by atoms with Crippen LogP contribution in [0.15, 0.2) is 6.20 Å². The van der Waals surface area contributed by atoms with Crippen molar-refractivity contribution in [3.05, 3.63) is 12.0 Å². The molecule has 0 amide bonds. The molecular weight excluding hydrogens is 254 g/mol. The van der Waals surface area contributed by atoms with Gasteiger partial charge in [0, 0.05) is 32.7 Å². The Morgan fingerprint density at radius 1 is 1.30 bits per heavy atom. The van der Waals surface area contributed by atoms with Crippen LogP contribution in [0.2, 0.25) is 0 Å². The summed E-state index contributed by atoms with van der Waals surface area (Å²) in [6, 6.07) is 0.557. The molecule has 1 saturated heterocycles. The fourth-order valence-corrected chi connectivity index (χ4v) is 2.63. The molecule has 0 aromatic carbocycles. The Bertz CT molecular complexity index is 620. The van der Waals surface area contributed by atoms with Gasteiger partial charge in [0.25, 0.3) is 0 Å². The Morgan fingerprint density at radius 3 is 2.85 bits per heavy atom. The monoisotopic (exact) mass is 275 g/mol. The molecule has 1 aliphatic rings. The summed E-state index contributed by atoms with van der Waals surface area (Å²) >= 11 is 0. The first-order valence-corrected chi connectivity index (χ1v) is 6.91. The molecule has 0 spiro atoms. The van der Waals surface area contributed by atoms with Crippen LogP contribution in [0.5, 0.6) is 0 Å². The van der Waals surface area contributed by atoms with E-state index in [-0.39, 0.29) is 0 Å². The molecule has 2 aromatic heterocycles. The SMILES string of the molecule is CC1CN(Cc2nc(N)c3cnn(C)c3n2)CCN1C. The standard InChI is InChI=1S/C13H21N7/c1-9-7-20(5-4-18(9)2)8-11-16-12(14)10-6-15-19(3)13(10)17-11/h6,9H,4-5,7-8H2,1-3H3,(H2,14,16,17). The summed E-state index contributed by atoms with van der Waals surface area (Å²) in [7, 11) is 4.04. The van der Waals surface area contributed by atoms with Crippen molar-refractivity contribution in [1.29, 1.82) is 0 Å². The van der Waals surface area contributed by atoms with E-state index < -0.39 is 0 Å². The van der Waals surface area contributed by atoms with Crippen LogP contribution in [0.3, 0.4) is 0 Å². The zero-order chi connectivity index (χ0) is 14.3. The zero-order valence-corrected chi connectivity index (χ0v) is 12.2. The molecule has 108 valence electrons. The van der Waals surface area contributed by atoms with Crippen molar-refractivity contribution in [2.75, 3.05) is 32.4 Å². The van der Waals surface area contributed by atoms with Gasteiger partial charge >= 0.3 is 0 Å². The molecule has 0 aliphatic carbocycles. The van der Waals surface area contributed by atoms with Gasteiger partial charge < -0.3 is 10.6 Å². The molecule has 20 heavy (non-hydrogen) atoms. The van der Waals surface area contributed by atoms with Crippen LogP contribution in [0, 0.1) is 0 Å². The first-order valence-electron chi connectivity index (χ1n) is 6.91. The van der Waals surface area contributed by atoms with Gasteiger partial charge in [-0.15, -0.1) is 0 Å². The van der Waals surface area contributed by atoms with Crippen LogP contribution >= 0.6 is 0 Å². The summed E-state index contributed by atoms with van der Waals surface area (Å²) in [5.74, 6) is 1.29. The Morgan fingerprint density at radius 2 is 2.10 bits per heavy atom. The van der Waals surface area contributed by atoms with Crippen LogP contribution in [0.1, 0.15) is 12.7 Å². The number of anilines is 1. The molecule has 1 atom stereocenters. The number of aryl methyl sites for hydroxylation is 1. The van der Waals surface area contributed by atoms with E-state index in [1.165, 1.54) is 0 Å². The van der Waals surface area contributed by atoms with Crippen LogP contribution in [-0.4, -0.2) is 62.3 Å². The van der Waals surface area contributed by atoms with E-state index in [1.54, 1.807) is 10.9 Å². The molecule has 1 fully saturated rings. The predicted octanol–water partition coefficient (Wildman–Crippen LogP) is 0.0814. The molecule has 3 rings (SSSR count). The lowest BCUT2D eigenvalue weighted by Gasteiger charge is -2.37. The van der Waals surface area contributed by atoms with Crippen LogP contribution in [-0.2, 0) is 13.6 Å². The Hall–Kier alpha value is -1.73. The van der Waals surface area contributed by atoms with Crippen molar-refractivity contribution >= 4 is 16.9 Å². The first kappa shape index (κ1) is 13.3. The molecule has 2 aromatic rings. The minimum absolute atomic E-state index is 0.514. The van der Waals surface area contributed by atoms with Gasteiger partial charge in [-0.25, -0.2) is 9.97 Å². The third kappa shape index (κ3) is 2.34. The summed E-state index contributed by atoms with van der Waals surface area (Å²) in [5, 5.41) is 5.00. The number of hydrogen-bond donors (Lipinski definition) is 1. The number of likely N-dealkylation sites (N-methyl/N-ethyl adjacent to an activating group) is 1. The summed E-state index contributed by atoms with van der Waals surface area (Å²) in [6.45, 7) is 6.12. The van der Waals surface area contributed by atoms with Gasteiger partial charge in [0.05, 0.1) is 18.1 Å². The van der Waals surface area contributed by atoms with Crippen LogP contribution < -0.4 is 5.73 Å². The number of nitrogen functional groups attached to an aromatic ring is 1. The molecule has 1 aliphatic heterocycles. The van der Waals surface area contributed by atoms with Gasteiger partial charge in [-0.3, -0.25) is 9.58 Å². The number of piperazine rings is 1. The van der Waals surface area contributed by atoms with Gasteiger partial charge in [0.15, 0.2) is 5.65 Å². The maximum absolute atomic E-state index is 5.99.